The van der Waals surface area contributed by atoms with Crippen molar-refractivity contribution in [3.8, 4) is 0 Å². The summed E-state index contributed by atoms with van der Waals surface area (Å²) in [5, 5.41) is 0. The van der Waals surface area contributed by atoms with Crippen LogP contribution in [-0.2, 0) is 0 Å². The van der Waals surface area contributed by atoms with Crippen LogP contribution in [0.3, 0.4) is 0 Å². The first-order valence-electron chi connectivity index (χ1n) is 5.59. The van der Waals surface area contributed by atoms with Gasteiger partial charge < -0.3 is 4.90 Å². The molecule has 13 heavy (non-hydrogen) atoms. The topological polar surface area (TPSA) is 6.48 Å². The number of likely N-dealkylation sites (tertiary alicyclic amines) is 1. The Morgan fingerprint density at radius 2 is 2.00 bits per heavy atom. The Labute approximate surface area is 81.9 Å². The first kappa shape index (κ1) is 9.47. The van der Waals surface area contributed by atoms with Crippen LogP contribution in [0.1, 0.15) is 26.2 Å². The normalized spacial score (nSPS) is 32.8. The van der Waals surface area contributed by atoms with E-state index < -0.39 is 0 Å². The first-order chi connectivity index (χ1) is 6.18. The predicted molar refractivity (Wildman–Crippen MR) is 55.9 cm³/mol. The van der Waals surface area contributed by atoms with Crippen molar-refractivity contribution in [2.75, 3.05) is 27.2 Å². The maximum absolute atomic E-state index is 2.61. The number of hydrogen-bond acceptors (Lipinski definition) is 2. The minimum absolute atomic E-state index is 0.816. The summed E-state index contributed by atoms with van der Waals surface area (Å²) < 4.78 is 0. The van der Waals surface area contributed by atoms with Gasteiger partial charge in [-0.1, -0.05) is 0 Å². The molecule has 2 atom stereocenters. The van der Waals surface area contributed by atoms with Gasteiger partial charge in [-0.3, -0.25) is 4.90 Å². The fourth-order valence-electron chi connectivity index (χ4n) is 2.49. The molecular formula is C11H22N2. The van der Waals surface area contributed by atoms with Gasteiger partial charge in [0, 0.05) is 18.6 Å². The molecule has 2 heteroatoms. The molecule has 0 aromatic rings. The van der Waals surface area contributed by atoms with Crippen molar-refractivity contribution in [2.45, 2.75) is 38.3 Å². The van der Waals surface area contributed by atoms with Gasteiger partial charge in [-0.05, 0) is 52.7 Å². The Hall–Kier alpha value is -0.0800. The van der Waals surface area contributed by atoms with Gasteiger partial charge in [0.2, 0.25) is 0 Å². The first-order valence-corrected chi connectivity index (χ1v) is 5.59. The van der Waals surface area contributed by atoms with Gasteiger partial charge in [-0.2, -0.15) is 0 Å². The van der Waals surface area contributed by atoms with Crippen LogP contribution in [0.5, 0.6) is 0 Å². The molecule has 1 aliphatic heterocycles. The van der Waals surface area contributed by atoms with Crippen LogP contribution >= 0.6 is 0 Å². The van der Waals surface area contributed by atoms with Crippen LogP contribution in [0.25, 0.3) is 0 Å². The highest BCUT2D eigenvalue weighted by molar-refractivity contribution is 4.89. The van der Waals surface area contributed by atoms with E-state index in [1.54, 1.807) is 0 Å². The average molecular weight is 182 g/mol. The molecule has 0 amide bonds. The molecule has 2 rings (SSSR count). The summed E-state index contributed by atoms with van der Waals surface area (Å²) in [5.74, 6) is 1.01. The molecule has 1 aliphatic carbocycles. The third-order valence-electron chi connectivity index (χ3n) is 3.89. The Morgan fingerprint density at radius 3 is 2.46 bits per heavy atom. The zero-order valence-corrected chi connectivity index (χ0v) is 9.16. The van der Waals surface area contributed by atoms with E-state index >= 15 is 0 Å². The molecule has 0 aromatic heterocycles. The standard InChI is InChI=1S/C11H22N2/c1-9(10-4-5-10)13(3)11-6-7-12(2)8-11/h9-11H,4-8H2,1-3H3. The second-order valence-electron chi connectivity index (χ2n) is 4.95. The monoisotopic (exact) mass is 182 g/mol. The van der Waals surface area contributed by atoms with E-state index in [0.717, 1.165) is 18.0 Å². The van der Waals surface area contributed by atoms with Gasteiger partial charge in [0.25, 0.3) is 0 Å². The van der Waals surface area contributed by atoms with Crippen molar-refractivity contribution in [3.63, 3.8) is 0 Å². The van der Waals surface area contributed by atoms with E-state index in [9.17, 15) is 0 Å². The van der Waals surface area contributed by atoms with Gasteiger partial charge in [0.05, 0.1) is 0 Å². The maximum atomic E-state index is 2.61. The quantitative estimate of drug-likeness (QED) is 0.651. The van der Waals surface area contributed by atoms with Crippen molar-refractivity contribution in [1.82, 2.24) is 9.80 Å². The van der Waals surface area contributed by atoms with Crippen LogP contribution in [0.2, 0.25) is 0 Å². The third kappa shape index (κ3) is 2.05. The molecule has 0 radical (unpaired) electrons. The second-order valence-corrected chi connectivity index (χ2v) is 4.95. The van der Waals surface area contributed by atoms with Crippen molar-refractivity contribution in [3.05, 3.63) is 0 Å². The summed E-state index contributed by atoms with van der Waals surface area (Å²) in [6.07, 6.45) is 4.30. The van der Waals surface area contributed by atoms with Gasteiger partial charge in [0.1, 0.15) is 0 Å². The largest absolute Gasteiger partial charge is 0.305 e. The van der Waals surface area contributed by atoms with Crippen molar-refractivity contribution >= 4 is 0 Å². The van der Waals surface area contributed by atoms with E-state index in [0.29, 0.717) is 0 Å². The highest BCUT2D eigenvalue weighted by Gasteiger charge is 2.34. The molecular weight excluding hydrogens is 160 g/mol. The molecule has 2 unspecified atom stereocenters. The van der Waals surface area contributed by atoms with Gasteiger partial charge in [0.15, 0.2) is 0 Å². The summed E-state index contributed by atoms with van der Waals surface area (Å²) in [5.41, 5.74) is 0. The van der Waals surface area contributed by atoms with E-state index in [2.05, 4.69) is 30.8 Å². The predicted octanol–water partition coefficient (Wildman–Crippen LogP) is 1.42. The minimum atomic E-state index is 0.816. The summed E-state index contributed by atoms with van der Waals surface area (Å²) in [4.78, 5) is 5.06. The number of rotatable bonds is 3. The highest BCUT2D eigenvalue weighted by Crippen LogP contribution is 2.35. The van der Waals surface area contributed by atoms with E-state index in [-0.39, 0.29) is 0 Å². The number of hydrogen-bond donors (Lipinski definition) is 0. The Balaban J connectivity index is 1.84. The lowest BCUT2D eigenvalue weighted by atomic mass is 10.1. The fourth-order valence-corrected chi connectivity index (χ4v) is 2.49. The summed E-state index contributed by atoms with van der Waals surface area (Å²) in [6.45, 7) is 4.95. The summed E-state index contributed by atoms with van der Waals surface area (Å²) in [7, 11) is 4.54. The molecule has 0 bridgehead atoms. The van der Waals surface area contributed by atoms with Crippen LogP contribution in [0.4, 0.5) is 0 Å². The molecule has 2 fully saturated rings. The lowest BCUT2D eigenvalue weighted by Crippen LogP contribution is -2.41. The average Bonchev–Trinajstić information content (AvgIpc) is 2.87. The Bertz CT molecular complexity index is 177. The summed E-state index contributed by atoms with van der Waals surface area (Å²) in [6, 6.07) is 1.64. The highest BCUT2D eigenvalue weighted by atomic mass is 15.2. The molecule has 1 saturated heterocycles. The van der Waals surface area contributed by atoms with E-state index in [4.69, 9.17) is 0 Å². The summed E-state index contributed by atoms with van der Waals surface area (Å²) >= 11 is 0. The fraction of sp³-hybridized carbons (Fsp3) is 1.00. The van der Waals surface area contributed by atoms with Crippen molar-refractivity contribution < 1.29 is 0 Å². The number of nitrogens with zero attached hydrogens (tertiary/aromatic N) is 2. The smallest absolute Gasteiger partial charge is 0.0235 e. The van der Waals surface area contributed by atoms with Gasteiger partial charge >= 0.3 is 0 Å². The van der Waals surface area contributed by atoms with Gasteiger partial charge in [-0.25, -0.2) is 0 Å². The van der Waals surface area contributed by atoms with Crippen molar-refractivity contribution in [2.24, 2.45) is 5.92 Å². The minimum Gasteiger partial charge on any atom is -0.305 e. The Kier molecular flexibility index (Phi) is 2.61. The molecule has 2 nitrogen and oxygen atoms in total. The second kappa shape index (κ2) is 3.58. The molecule has 0 N–H and O–H groups in total. The van der Waals surface area contributed by atoms with Crippen LogP contribution in [0.15, 0.2) is 0 Å². The molecule has 1 heterocycles. The van der Waals surface area contributed by atoms with Gasteiger partial charge in [-0.15, -0.1) is 0 Å². The maximum Gasteiger partial charge on any atom is 0.0235 e. The van der Waals surface area contributed by atoms with E-state index in [1.165, 1.54) is 32.4 Å². The van der Waals surface area contributed by atoms with Crippen LogP contribution in [-0.4, -0.2) is 49.1 Å². The van der Waals surface area contributed by atoms with Crippen LogP contribution in [0, 0.1) is 5.92 Å². The zero-order valence-electron chi connectivity index (χ0n) is 9.16. The molecule has 0 aromatic carbocycles. The zero-order chi connectivity index (χ0) is 9.42. The SMILES string of the molecule is CC(C1CC1)N(C)C1CCN(C)C1. The van der Waals surface area contributed by atoms with Crippen LogP contribution < -0.4 is 0 Å². The van der Waals surface area contributed by atoms with Crippen molar-refractivity contribution in [1.29, 1.82) is 0 Å². The lowest BCUT2D eigenvalue weighted by molar-refractivity contribution is 0.169. The molecule has 2 aliphatic rings. The number of likely N-dealkylation sites (N-methyl/N-ethyl adjacent to an activating group) is 2. The Morgan fingerprint density at radius 1 is 1.31 bits per heavy atom. The molecule has 1 saturated carbocycles. The molecule has 0 spiro atoms. The lowest BCUT2D eigenvalue weighted by Gasteiger charge is -2.30. The van der Waals surface area contributed by atoms with E-state index in [1.807, 2.05) is 0 Å². The molecule has 76 valence electrons. The third-order valence-corrected chi connectivity index (χ3v) is 3.89.